The van der Waals surface area contributed by atoms with Crippen LogP contribution in [0.5, 0.6) is 5.75 Å². The second-order valence-corrected chi connectivity index (χ2v) is 6.90. The molecule has 114 valence electrons. The number of sulfone groups is 1. The van der Waals surface area contributed by atoms with Crippen LogP contribution in [0.15, 0.2) is 18.2 Å². The van der Waals surface area contributed by atoms with Crippen molar-refractivity contribution in [2.75, 3.05) is 18.1 Å². The van der Waals surface area contributed by atoms with E-state index >= 15 is 0 Å². The summed E-state index contributed by atoms with van der Waals surface area (Å²) in [5.41, 5.74) is -0.344. The van der Waals surface area contributed by atoms with Gasteiger partial charge < -0.3 is 17.7 Å². The predicted molar refractivity (Wildman–Crippen MR) is 74.3 cm³/mol. The molecule has 3 nitrogen and oxygen atoms in total. The van der Waals surface area contributed by atoms with Gasteiger partial charge in [-0.25, -0.2) is 8.42 Å². The van der Waals surface area contributed by atoms with Crippen molar-refractivity contribution in [3.63, 3.8) is 0 Å². The minimum atomic E-state index is -5.03. The van der Waals surface area contributed by atoms with Crippen LogP contribution in [0.2, 0.25) is 0 Å². The molecule has 0 saturated carbocycles. The third-order valence-electron chi connectivity index (χ3n) is 2.74. The van der Waals surface area contributed by atoms with Crippen molar-refractivity contribution in [3.05, 3.63) is 23.8 Å². The summed E-state index contributed by atoms with van der Waals surface area (Å²) in [6.07, 6.45) is 0.531. The fourth-order valence-electron chi connectivity index (χ4n) is 1.73. The largest absolute Gasteiger partial charge is 1.00 e. The number of benzene rings is 1. The van der Waals surface area contributed by atoms with Gasteiger partial charge in [0.2, 0.25) is 0 Å². The van der Waals surface area contributed by atoms with Crippen LogP contribution >= 0.6 is 0 Å². The summed E-state index contributed by atoms with van der Waals surface area (Å²) in [5, 5.41) is 0. The summed E-state index contributed by atoms with van der Waals surface area (Å²) < 4.78 is 65.8. The van der Waals surface area contributed by atoms with Crippen molar-refractivity contribution < 1.29 is 77.5 Å². The van der Waals surface area contributed by atoms with Crippen LogP contribution < -0.4 is 61.6 Å². The number of hydrogen-bond donors (Lipinski definition) is 0. The van der Waals surface area contributed by atoms with E-state index in [1.807, 2.05) is 0 Å². The van der Waals surface area contributed by atoms with Gasteiger partial charge in [0, 0.05) is 0 Å². The zero-order valence-electron chi connectivity index (χ0n) is 12.4. The van der Waals surface area contributed by atoms with Crippen LogP contribution in [0.1, 0.15) is 18.9 Å². The van der Waals surface area contributed by atoms with Crippen LogP contribution in [0.3, 0.4) is 0 Å². The molecule has 0 spiro atoms. The van der Waals surface area contributed by atoms with Crippen LogP contribution in [0.25, 0.3) is 0 Å². The molecule has 1 rings (SSSR count). The monoisotopic (exact) mass is 348 g/mol. The average Bonchev–Trinajstić information content (AvgIpc) is 2.29. The van der Waals surface area contributed by atoms with Crippen molar-refractivity contribution in [3.8, 4) is 5.75 Å². The maximum Gasteiger partial charge on any atom is 1.00 e. The summed E-state index contributed by atoms with van der Waals surface area (Å²) in [5.74, 6) is 0.233. The van der Waals surface area contributed by atoms with Crippen molar-refractivity contribution >= 4 is 22.3 Å². The first-order valence-corrected chi connectivity index (χ1v) is 8.11. The fourth-order valence-corrected chi connectivity index (χ4v) is 2.89. The minimum Gasteiger partial charge on any atom is -0.492 e. The van der Waals surface area contributed by atoms with Gasteiger partial charge in [-0.05, 0) is 25.0 Å². The van der Waals surface area contributed by atoms with Gasteiger partial charge in [-0.3, -0.25) is 0 Å². The number of hydrogen-bond acceptors (Lipinski definition) is 3. The zero-order chi connectivity index (χ0) is 15.4. The smallest absolute Gasteiger partial charge is 0.492 e. The quantitative estimate of drug-likeness (QED) is 0.610. The Hall–Kier alpha value is 0.461. The SMILES string of the molecule is CCCS(=O)(=O)CCOc1ccc([B-](F)(F)F)cc1C.[K+]. The molecule has 21 heavy (non-hydrogen) atoms. The van der Waals surface area contributed by atoms with E-state index in [-0.39, 0.29) is 75.2 Å². The number of rotatable bonds is 7. The van der Waals surface area contributed by atoms with Gasteiger partial charge in [0.05, 0.1) is 11.5 Å². The van der Waals surface area contributed by atoms with Gasteiger partial charge in [0.1, 0.15) is 12.4 Å². The standard InChI is InChI=1S/C12H17BF3O3S.K/c1-3-7-20(17,18)8-6-19-12-5-4-11(9-10(12)2)13(14,15)16;/h4-5,9H,3,6-8H2,1-2H3;/q-1;+1. The molecule has 0 aliphatic rings. The molecule has 0 heterocycles. The summed E-state index contributed by atoms with van der Waals surface area (Å²) in [7, 11) is -3.15. The molecule has 0 aromatic heterocycles. The summed E-state index contributed by atoms with van der Waals surface area (Å²) >= 11 is 0. The molecular formula is C12H17BF3KO3S. The Morgan fingerprint density at radius 3 is 2.29 bits per heavy atom. The van der Waals surface area contributed by atoms with E-state index in [0.29, 0.717) is 12.0 Å². The molecular weight excluding hydrogens is 331 g/mol. The maximum absolute atomic E-state index is 12.5. The molecule has 0 atom stereocenters. The molecule has 1 aromatic rings. The Kier molecular flexibility index (Phi) is 9.12. The van der Waals surface area contributed by atoms with E-state index < -0.39 is 22.3 Å². The van der Waals surface area contributed by atoms with Crippen LogP contribution in [-0.4, -0.2) is 33.5 Å². The predicted octanol–water partition coefficient (Wildman–Crippen LogP) is -0.743. The molecule has 0 amide bonds. The summed E-state index contributed by atoms with van der Waals surface area (Å²) in [4.78, 5) is 0. The van der Waals surface area contributed by atoms with Crippen molar-refractivity contribution in [2.45, 2.75) is 20.3 Å². The molecule has 1 aromatic carbocycles. The Morgan fingerprint density at radius 2 is 1.81 bits per heavy atom. The van der Waals surface area contributed by atoms with E-state index in [4.69, 9.17) is 4.74 Å². The molecule has 0 fully saturated rings. The second-order valence-electron chi connectivity index (χ2n) is 4.60. The molecule has 0 unspecified atom stereocenters. The Balaban J connectivity index is 0.00000400. The minimum absolute atomic E-state index is 0. The normalized spacial score (nSPS) is 11.9. The third kappa shape index (κ3) is 7.52. The average molecular weight is 348 g/mol. The van der Waals surface area contributed by atoms with Gasteiger partial charge in [-0.1, -0.05) is 19.1 Å². The second kappa shape index (κ2) is 8.93. The topological polar surface area (TPSA) is 43.4 Å². The number of ether oxygens (including phenoxy) is 1. The van der Waals surface area contributed by atoms with Gasteiger partial charge in [0.15, 0.2) is 9.84 Å². The van der Waals surface area contributed by atoms with Gasteiger partial charge in [-0.2, -0.15) is 0 Å². The van der Waals surface area contributed by atoms with Gasteiger partial charge in [0.25, 0.3) is 0 Å². The molecule has 0 bridgehead atoms. The van der Waals surface area contributed by atoms with E-state index in [2.05, 4.69) is 0 Å². The first-order chi connectivity index (χ1) is 9.15. The van der Waals surface area contributed by atoms with E-state index in [1.165, 1.54) is 13.0 Å². The van der Waals surface area contributed by atoms with Crippen LogP contribution in [0.4, 0.5) is 12.9 Å². The molecule has 0 radical (unpaired) electrons. The Bertz CT molecular complexity index is 561. The first-order valence-electron chi connectivity index (χ1n) is 6.29. The summed E-state index contributed by atoms with van der Waals surface area (Å²) in [6, 6.07) is 3.19. The maximum atomic E-state index is 12.5. The molecule has 0 N–H and O–H groups in total. The van der Waals surface area contributed by atoms with Crippen molar-refractivity contribution in [2.24, 2.45) is 0 Å². The third-order valence-corrected chi connectivity index (χ3v) is 4.56. The van der Waals surface area contributed by atoms with Crippen molar-refractivity contribution in [1.82, 2.24) is 0 Å². The van der Waals surface area contributed by atoms with Gasteiger partial charge >= 0.3 is 58.4 Å². The molecule has 9 heteroatoms. The Morgan fingerprint density at radius 1 is 1.19 bits per heavy atom. The number of aryl methyl sites for hydroxylation is 1. The van der Waals surface area contributed by atoms with Crippen LogP contribution in [-0.2, 0) is 9.84 Å². The van der Waals surface area contributed by atoms with E-state index in [9.17, 15) is 21.4 Å². The van der Waals surface area contributed by atoms with Crippen LogP contribution in [0, 0.1) is 6.92 Å². The molecule has 0 aliphatic carbocycles. The first kappa shape index (κ1) is 21.5. The van der Waals surface area contributed by atoms with Crippen molar-refractivity contribution in [1.29, 1.82) is 0 Å². The number of halogens is 3. The fraction of sp³-hybridized carbons (Fsp3) is 0.500. The van der Waals surface area contributed by atoms with E-state index in [0.717, 1.165) is 12.1 Å². The van der Waals surface area contributed by atoms with Gasteiger partial charge in [-0.15, -0.1) is 5.46 Å². The van der Waals surface area contributed by atoms with E-state index in [1.54, 1.807) is 6.92 Å². The zero-order valence-corrected chi connectivity index (χ0v) is 16.3. The molecule has 0 aliphatic heterocycles. The Labute approximate surface area is 166 Å². The molecule has 0 saturated heterocycles. The summed E-state index contributed by atoms with van der Waals surface area (Å²) in [6.45, 7) is -1.82.